The molecule has 1 aliphatic heterocycles. The maximum Gasteiger partial charge on any atom is 0.155 e. The van der Waals surface area contributed by atoms with E-state index in [1.807, 2.05) is 0 Å². The number of ether oxygens (including phenoxy) is 1. The van der Waals surface area contributed by atoms with Gasteiger partial charge in [-0.1, -0.05) is 49.8 Å². The zero-order chi connectivity index (χ0) is 15.5. The first kappa shape index (κ1) is 16.0. The molecule has 1 heterocycles. The Kier molecular flexibility index (Phi) is 5.20. The van der Waals surface area contributed by atoms with E-state index in [2.05, 4.69) is 44.2 Å². The number of rotatable bonds is 5. The molecular weight excluding hydrogens is 272 g/mol. The molecule has 3 rings (SSSR count). The van der Waals surface area contributed by atoms with Crippen LogP contribution in [0.5, 0.6) is 0 Å². The van der Waals surface area contributed by atoms with Crippen molar-refractivity contribution in [3.05, 3.63) is 36.0 Å². The predicted octanol–water partition coefficient (Wildman–Crippen LogP) is 4.61. The highest BCUT2D eigenvalue weighted by molar-refractivity contribution is 5.22. The van der Waals surface area contributed by atoms with Gasteiger partial charge in [0.1, 0.15) is 0 Å². The second-order valence-corrected chi connectivity index (χ2v) is 7.48. The largest absolute Gasteiger partial charge is 0.368 e. The maximum atomic E-state index is 9.69. The maximum absolute atomic E-state index is 9.69. The van der Waals surface area contributed by atoms with E-state index < -0.39 is 6.29 Å². The average Bonchev–Trinajstić information content (AvgIpc) is 2.99. The standard InChI is InChI=1S/C20H30O2/c1-14(8-10-16-6-4-3-5-7-16)9-11-17-15(2)12-19-18(17)13-20(21)22-19/h4,6-7,9,11,14-15,17-21H,3,5,8,10,12-13H2,1-2H3/b11-9+. The SMILES string of the molecule is CC(/C=C/C1C(C)CC2OC(O)CC21)CCC1=CCCC=C1. The molecule has 0 bridgehead atoms. The Hall–Kier alpha value is -0.860. The Morgan fingerprint density at radius 2 is 2.23 bits per heavy atom. The van der Waals surface area contributed by atoms with Crippen LogP contribution < -0.4 is 0 Å². The predicted molar refractivity (Wildman–Crippen MR) is 90.3 cm³/mol. The van der Waals surface area contributed by atoms with Crippen LogP contribution in [0, 0.1) is 23.7 Å². The summed E-state index contributed by atoms with van der Waals surface area (Å²) in [6.45, 7) is 4.64. The van der Waals surface area contributed by atoms with Crippen LogP contribution >= 0.6 is 0 Å². The summed E-state index contributed by atoms with van der Waals surface area (Å²) in [6.07, 6.45) is 18.3. The van der Waals surface area contributed by atoms with Crippen LogP contribution in [0.4, 0.5) is 0 Å². The summed E-state index contributed by atoms with van der Waals surface area (Å²) >= 11 is 0. The highest BCUT2D eigenvalue weighted by atomic mass is 16.6. The summed E-state index contributed by atoms with van der Waals surface area (Å²) in [7, 11) is 0. The normalized spacial score (nSPS) is 39.2. The fourth-order valence-electron chi connectivity index (χ4n) is 4.32. The lowest BCUT2D eigenvalue weighted by Crippen LogP contribution is -2.14. The molecule has 3 aliphatic rings. The third kappa shape index (κ3) is 3.72. The number of aliphatic hydroxyl groups is 1. The molecule has 6 atom stereocenters. The molecule has 122 valence electrons. The van der Waals surface area contributed by atoms with Crippen LogP contribution in [0.1, 0.15) is 52.4 Å². The molecule has 0 amide bonds. The first-order valence-electron chi connectivity index (χ1n) is 9.01. The summed E-state index contributed by atoms with van der Waals surface area (Å²) in [5.74, 6) is 2.40. The smallest absolute Gasteiger partial charge is 0.155 e. The summed E-state index contributed by atoms with van der Waals surface area (Å²) < 4.78 is 5.63. The van der Waals surface area contributed by atoms with Crippen molar-refractivity contribution in [3.63, 3.8) is 0 Å². The van der Waals surface area contributed by atoms with Gasteiger partial charge in [-0.15, -0.1) is 0 Å². The van der Waals surface area contributed by atoms with Gasteiger partial charge >= 0.3 is 0 Å². The van der Waals surface area contributed by atoms with E-state index in [-0.39, 0.29) is 6.10 Å². The lowest BCUT2D eigenvalue weighted by Gasteiger charge is -2.18. The van der Waals surface area contributed by atoms with E-state index in [4.69, 9.17) is 4.74 Å². The molecular formula is C20H30O2. The minimum Gasteiger partial charge on any atom is -0.368 e. The number of hydrogen-bond donors (Lipinski definition) is 1. The molecule has 1 saturated heterocycles. The van der Waals surface area contributed by atoms with Gasteiger partial charge in [0.05, 0.1) is 6.10 Å². The Balaban J connectivity index is 1.50. The van der Waals surface area contributed by atoms with E-state index in [0.717, 1.165) is 12.8 Å². The second kappa shape index (κ2) is 7.14. The van der Waals surface area contributed by atoms with Gasteiger partial charge in [-0.25, -0.2) is 0 Å². The zero-order valence-corrected chi connectivity index (χ0v) is 13.9. The fraction of sp³-hybridized carbons (Fsp3) is 0.700. The molecule has 0 radical (unpaired) electrons. The quantitative estimate of drug-likeness (QED) is 0.751. The first-order chi connectivity index (χ1) is 10.6. The molecule has 2 heteroatoms. The van der Waals surface area contributed by atoms with Gasteiger partial charge in [-0.3, -0.25) is 0 Å². The van der Waals surface area contributed by atoms with Gasteiger partial charge < -0.3 is 9.84 Å². The van der Waals surface area contributed by atoms with Gasteiger partial charge in [0.2, 0.25) is 0 Å². The van der Waals surface area contributed by atoms with Gasteiger partial charge in [0.15, 0.2) is 6.29 Å². The zero-order valence-electron chi connectivity index (χ0n) is 13.9. The van der Waals surface area contributed by atoms with Crippen LogP contribution in [-0.4, -0.2) is 17.5 Å². The van der Waals surface area contributed by atoms with Crippen molar-refractivity contribution >= 4 is 0 Å². The highest BCUT2D eigenvalue weighted by Crippen LogP contribution is 2.46. The third-order valence-electron chi connectivity index (χ3n) is 5.66. The van der Waals surface area contributed by atoms with Gasteiger partial charge in [0.25, 0.3) is 0 Å². The van der Waals surface area contributed by atoms with Crippen molar-refractivity contribution < 1.29 is 9.84 Å². The molecule has 1 saturated carbocycles. The van der Waals surface area contributed by atoms with Gasteiger partial charge in [0, 0.05) is 6.42 Å². The summed E-state index contributed by atoms with van der Waals surface area (Å²) in [5, 5.41) is 9.69. The molecule has 2 fully saturated rings. The fourth-order valence-corrected chi connectivity index (χ4v) is 4.32. The number of fused-ring (bicyclic) bond motifs is 1. The van der Waals surface area contributed by atoms with Crippen LogP contribution in [0.2, 0.25) is 0 Å². The van der Waals surface area contributed by atoms with Crippen molar-refractivity contribution in [2.75, 3.05) is 0 Å². The van der Waals surface area contributed by atoms with Crippen LogP contribution in [0.25, 0.3) is 0 Å². The van der Waals surface area contributed by atoms with E-state index in [9.17, 15) is 5.11 Å². The van der Waals surface area contributed by atoms with Crippen molar-refractivity contribution in [2.45, 2.75) is 64.8 Å². The lowest BCUT2D eigenvalue weighted by molar-refractivity contribution is -0.0922. The second-order valence-electron chi connectivity index (χ2n) is 7.48. The van der Waals surface area contributed by atoms with E-state index in [1.165, 1.54) is 31.3 Å². The van der Waals surface area contributed by atoms with Crippen LogP contribution in [0.15, 0.2) is 36.0 Å². The van der Waals surface area contributed by atoms with Gasteiger partial charge in [-0.2, -0.15) is 0 Å². The van der Waals surface area contributed by atoms with Crippen molar-refractivity contribution in [1.82, 2.24) is 0 Å². The Morgan fingerprint density at radius 1 is 1.36 bits per heavy atom. The van der Waals surface area contributed by atoms with Crippen LogP contribution in [0.3, 0.4) is 0 Å². The molecule has 1 N–H and O–H groups in total. The minimum absolute atomic E-state index is 0.285. The van der Waals surface area contributed by atoms with E-state index in [0.29, 0.717) is 23.7 Å². The van der Waals surface area contributed by atoms with Crippen LogP contribution in [-0.2, 0) is 4.74 Å². The van der Waals surface area contributed by atoms with E-state index in [1.54, 1.807) is 0 Å². The topological polar surface area (TPSA) is 29.5 Å². The first-order valence-corrected chi connectivity index (χ1v) is 9.01. The summed E-state index contributed by atoms with van der Waals surface area (Å²) in [5.41, 5.74) is 1.51. The minimum atomic E-state index is -0.527. The molecule has 2 nitrogen and oxygen atoms in total. The summed E-state index contributed by atoms with van der Waals surface area (Å²) in [4.78, 5) is 0. The Labute approximate surface area is 134 Å². The van der Waals surface area contributed by atoms with Crippen molar-refractivity contribution in [3.8, 4) is 0 Å². The molecule has 0 aromatic heterocycles. The molecule has 6 unspecified atom stereocenters. The molecule has 2 aliphatic carbocycles. The molecule has 0 spiro atoms. The molecule has 0 aromatic rings. The average molecular weight is 302 g/mol. The van der Waals surface area contributed by atoms with E-state index >= 15 is 0 Å². The molecule has 0 aromatic carbocycles. The number of allylic oxidation sites excluding steroid dienone is 6. The number of aliphatic hydroxyl groups excluding tert-OH is 1. The lowest BCUT2D eigenvalue weighted by atomic mass is 9.87. The van der Waals surface area contributed by atoms with Crippen molar-refractivity contribution in [2.24, 2.45) is 23.7 Å². The third-order valence-corrected chi connectivity index (χ3v) is 5.66. The highest BCUT2D eigenvalue weighted by Gasteiger charge is 2.46. The number of hydrogen-bond acceptors (Lipinski definition) is 2. The van der Waals surface area contributed by atoms with Crippen molar-refractivity contribution in [1.29, 1.82) is 0 Å². The monoisotopic (exact) mass is 302 g/mol. The van der Waals surface area contributed by atoms with Gasteiger partial charge in [-0.05, 0) is 55.8 Å². The Bertz CT molecular complexity index is 462. The Morgan fingerprint density at radius 3 is 3.00 bits per heavy atom. The summed E-state index contributed by atoms with van der Waals surface area (Å²) in [6, 6.07) is 0. The molecule has 22 heavy (non-hydrogen) atoms.